The van der Waals surface area contributed by atoms with Gasteiger partial charge in [-0.25, -0.2) is 13.8 Å². The van der Waals surface area contributed by atoms with E-state index in [1.807, 2.05) is 0 Å². The first-order valence-corrected chi connectivity index (χ1v) is 10.7. The Hall–Kier alpha value is -3.13. The second-order valence-electron chi connectivity index (χ2n) is 7.06. The minimum absolute atomic E-state index is 0.00365. The van der Waals surface area contributed by atoms with Gasteiger partial charge in [0.1, 0.15) is 5.75 Å². The van der Waals surface area contributed by atoms with Crippen LogP contribution in [0.2, 0.25) is 0 Å². The van der Waals surface area contributed by atoms with Crippen molar-refractivity contribution in [3.8, 4) is 5.75 Å². The molecule has 2 aromatic carbocycles. The largest absolute Gasteiger partial charge is 0.497 e. The standard InChI is InChI=1S/C21H21N3O4S/c1-28-17-10-8-16(9-11-17)24-29(26,27)18-6-2-5-15(12-18)21(25)23-22-20-13-14-4-3-7-19(14)20/h2-3,5-12,14,19,24H,4,13H2,1H3,(H,23,25)/b22-20-. The van der Waals surface area contributed by atoms with E-state index in [2.05, 4.69) is 27.4 Å². The minimum atomic E-state index is -3.84. The molecule has 0 radical (unpaired) electrons. The van der Waals surface area contributed by atoms with Crippen LogP contribution >= 0.6 is 0 Å². The summed E-state index contributed by atoms with van der Waals surface area (Å²) in [5.74, 6) is 1.13. The highest BCUT2D eigenvalue weighted by molar-refractivity contribution is 7.92. The molecule has 0 heterocycles. The Labute approximate surface area is 169 Å². The first kappa shape index (κ1) is 19.2. The van der Waals surface area contributed by atoms with Gasteiger partial charge in [0.15, 0.2) is 0 Å². The number of hydrazone groups is 1. The van der Waals surface area contributed by atoms with Gasteiger partial charge in [-0.05, 0) is 61.2 Å². The Kier molecular flexibility index (Phi) is 5.10. The van der Waals surface area contributed by atoms with Gasteiger partial charge in [0, 0.05) is 22.9 Å². The summed E-state index contributed by atoms with van der Waals surface area (Å²) >= 11 is 0. The molecular weight excluding hydrogens is 390 g/mol. The molecule has 1 saturated carbocycles. The number of carbonyl (C=O) groups is 1. The van der Waals surface area contributed by atoms with Crippen LogP contribution in [-0.4, -0.2) is 27.1 Å². The molecule has 2 N–H and O–H groups in total. The van der Waals surface area contributed by atoms with Crippen LogP contribution < -0.4 is 14.9 Å². The minimum Gasteiger partial charge on any atom is -0.497 e. The fourth-order valence-corrected chi connectivity index (χ4v) is 4.63. The van der Waals surface area contributed by atoms with Crippen LogP contribution in [0.4, 0.5) is 5.69 Å². The summed E-state index contributed by atoms with van der Waals surface area (Å²) in [5, 5.41) is 4.21. The molecule has 0 aliphatic heterocycles. The second kappa shape index (κ2) is 7.71. The number of sulfonamides is 1. The van der Waals surface area contributed by atoms with Gasteiger partial charge in [-0.1, -0.05) is 18.2 Å². The zero-order chi connectivity index (χ0) is 20.4. The summed E-state index contributed by atoms with van der Waals surface area (Å²) in [6.07, 6.45) is 6.22. The van der Waals surface area contributed by atoms with Crippen molar-refractivity contribution >= 4 is 27.3 Å². The Morgan fingerprint density at radius 2 is 1.97 bits per heavy atom. The van der Waals surface area contributed by atoms with Crippen LogP contribution in [0.5, 0.6) is 5.75 Å². The molecule has 0 spiro atoms. The van der Waals surface area contributed by atoms with Gasteiger partial charge in [-0.15, -0.1) is 0 Å². The maximum absolute atomic E-state index is 12.7. The Balaban J connectivity index is 1.46. The first-order chi connectivity index (χ1) is 14.0. The number of anilines is 1. The Bertz CT molecular complexity index is 1090. The van der Waals surface area contributed by atoms with Crippen molar-refractivity contribution in [1.82, 2.24) is 5.43 Å². The van der Waals surface area contributed by atoms with Crippen molar-refractivity contribution < 1.29 is 17.9 Å². The topological polar surface area (TPSA) is 96.9 Å². The average molecular weight is 411 g/mol. The fourth-order valence-electron chi connectivity index (χ4n) is 3.53. The molecule has 150 valence electrons. The molecule has 2 unspecified atom stereocenters. The first-order valence-electron chi connectivity index (χ1n) is 9.26. The summed E-state index contributed by atoms with van der Waals surface area (Å²) in [5.41, 5.74) is 4.13. The smallest absolute Gasteiger partial charge is 0.271 e. The summed E-state index contributed by atoms with van der Waals surface area (Å²) < 4.78 is 32.9. The summed E-state index contributed by atoms with van der Waals surface area (Å²) in [4.78, 5) is 12.4. The molecule has 4 rings (SSSR count). The monoisotopic (exact) mass is 411 g/mol. The molecule has 2 aromatic rings. The number of nitrogens with zero attached hydrogens (tertiary/aromatic N) is 1. The SMILES string of the molecule is COc1ccc(NS(=O)(=O)c2cccc(C(=O)N/N=C3/CC4CC=CC34)c2)cc1. The molecule has 1 fully saturated rings. The highest BCUT2D eigenvalue weighted by atomic mass is 32.2. The molecule has 0 aromatic heterocycles. The van der Waals surface area contributed by atoms with E-state index in [1.54, 1.807) is 30.3 Å². The summed E-state index contributed by atoms with van der Waals surface area (Å²) in [6.45, 7) is 0. The molecule has 29 heavy (non-hydrogen) atoms. The molecule has 2 aliphatic rings. The van der Waals surface area contributed by atoms with E-state index in [9.17, 15) is 13.2 Å². The number of benzene rings is 2. The summed E-state index contributed by atoms with van der Waals surface area (Å²) in [7, 11) is -2.31. The maximum atomic E-state index is 12.7. The van der Waals surface area contributed by atoms with E-state index in [0.717, 1.165) is 18.6 Å². The third kappa shape index (κ3) is 4.02. The van der Waals surface area contributed by atoms with Gasteiger partial charge in [0.2, 0.25) is 0 Å². The van der Waals surface area contributed by atoms with Crippen molar-refractivity contribution in [2.45, 2.75) is 17.7 Å². The van der Waals surface area contributed by atoms with E-state index in [4.69, 9.17) is 4.74 Å². The molecule has 2 aliphatic carbocycles. The second-order valence-corrected chi connectivity index (χ2v) is 8.74. The predicted octanol–water partition coefficient (Wildman–Crippen LogP) is 3.18. The van der Waals surface area contributed by atoms with Crippen molar-refractivity contribution in [2.24, 2.45) is 16.9 Å². The molecule has 0 bridgehead atoms. The number of rotatable bonds is 6. The zero-order valence-corrected chi connectivity index (χ0v) is 16.6. The van der Waals surface area contributed by atoms with Crippen LogP contribution in [0.15, 0.2) is 70.7 Å². The predicted molar refractivity (Wildman–Crippen MR) is 110 cm³/mol. The van der Waals surface area contributed by atoms with Gasteiger partial charge in [-0.3, -0.25) is 9.52 Å². The average Bonchev–Trinajstić information content (AvgIpc) is 3.09. The molecule has 2 atom stereocenters. The van der Waals surface area contributed by atoms with Crippen molar-refractivity contribution in [1.29, 1.82) is 0 Å². The summed E-state index contributed by atoms with van der Waals surface area (Å²) in [6, 6.07) is 12.4. The van der Waals surface area contributed by atoms with E-state index in [0.29, 0.717) is 23.3 Å². The highest BCUT2D eigenvalue weighted by Gasteiger charge is 2.37. The number of carbonyl (C=O) groups excluding carboxylic acids is 1. The molecule has 8 heteroatoms. The van der Waals surface area contributed by atoms with Gasteiger partial charge in [-0.2, -0.15) is 5.10 Å². The van der Waals surface area contributed by atoms with Gasteiger partial charge in [0.05, 0.1) is 12.0 Å². The van der Waals surface area contributed by atoms with Crippen LogP contribution in [0, 0.1) is 11.8 Å². The molecule has 0 saturated heterocycles. The van der Waals surface area contributed by atoms with Crippen LogP contribution in [-0.2, 0) is 10.0 Å². The maximum Gasteiger partial charge on any atom is 0.271 e. The fraction of sp³-hybridized carbons (Fsp3) is 0.238. The molecule has 7 nitrogen and oxygen atoms in total. The lowest BCUT2D eigenvalue weighted by molar-refractivity contribution is 0.0953. The number of hydrogen-bond donors (Lipinski definition) is 2. The number of hydrogen-bond acceptors (Lipinski definition) is 5. The molecular formula is C21H21N3O4S. The number of amides is 1. The van der Waals surface area contributed by atoms with Crippen LogP contribution in [0.1, 0.15) is 23.2 Å². The number of allylic oxidation sites excluding steroid dienone is 2. The van der Waals surface area contributed by atoms with Crippen molar-refractivity contribution in [3.05, 3.63) is 66.2 Å². The van der Waals surface area contributed by atoms with E-state index >= 15 is 0 Å². The van der Waals surface area contributed by atoms with Crippen molar-refractivity contribution in [3.63, 3.8) is 0 Å². The van der Waals surface area contributed by atoms with E-state index in [1.165, 1.54) is 25.3 Å². The van der Waals surface area contributed by atoms with E-state index in [-0.39, 0.29) is 10.5 Å². The number of nitrogens with one attached hydrogen (secondary N) is 2. The zero-order valence-electron chi connectivity index (χ0n) is 15.8. The third-order valence-corrected chi connectivity index (χ3v) is 6.58. The van der Waals surface area contributed by atoms with E-state index < -0.39 is 15.9 Å². The lowest BCUT2D eigenvalue weighted by atomic mass is 9.74. The van der Waals surface area contributed by atoms with Gasteiger partial charge < -0.3 is 4.74 Å². The Morgan fingerprint density at radius 1 is 1.17 bits per heavy atom. The van der Waals surface area contributed by atoms with Crippen LogP contribution in [0.3, 0.4) is 0 Å². The third-order valence-electron chi connectivity index (χ3n) is 5.20. The lowest BCUT2D eigenvalue weighted by Gasteiger charge is -2.31. The quantitative estimate of drug-likeness (QED) is 0.564. The van der Waals surface area contributed by atoms with Crippen LogP contribution in [0.25, 0.3) is 0 Å². The number of ether oxygens (including phenoxy) is 1. The normalized spacial score (nSPS) is 21.3. The number of methoxy groups -OCH3 is 1. The highest BCUT2D eigenvalue weighted by Crippen LogP contribution is 2.40. The lowest BCUT2D eigenvalue weighted by Crippen LogP contribution is -2.35. The van der Waals surface area contributed by atoms with Gasteiger partial charge in [0.25, 0.3) is 15.9 Å². The number of fused-ring (bicyclic) bond motifs is 1. The molecule has 1 amide bonds. The Morgan fingerprint density at radius 3 is 2.69 bits per heavy atom. The van der Waals surface area contributed by atoms with Crippen molar-refractivity contribution in [2.75, 3.05) is 11.8 Å². The van der Waals surface area contributed by atoms with Gasteiger partial charge >= 0.3 is 0 Å².